The fourth-order valence-electron chi connectivity index (χ4n) is 0.728. The number of thioether (sulfide) groups is 1. The number of aromatic nitrogens is 1. The fraction of sp³-hybridized carbons (Fsp3) is 0.250. The molecule has 0 spiro atoms. The van der Waals surface area contributed by atoms with Crippen LogP contribution in [-0.4, -0.2) is 18.3 Å². The highest BCUT2D eigenvalue weighted by Gasteiger charge is 2.02. The third-order valence-corrected chi connectivity index (χ3v) is 2.06. The first-order chi connectivity index (χ1) is 6.96. The predicted molar refractivity (Wildman–Crippen MR) is 47.3 cm³/mol. The molecule has 0 unspecified atom stereocenters. The van der Waals surface area contributed by atoms with Crippen LogP contribution in [-0.2, 0) is 0 Å². The summed E-state index contributed by atoms with van der Waals surface area (Å²) in [5.74, 6) is -0.00153. The molecule has 0 aliphatic heterocycles. The van der Waals surface area contributed by atoms with E-state index >= 15 is 0 Å². The minimum atomic E-state index is -2.52. The van der Waals surface area contributed by atoms with E-state index in [0.29, 0.717) is 10.5 Å². The molecule has 62 valence electrons. The summed E-state index contributed by atoms with van der Waals surface area (Å²) in [4.78, 5) is 4.37. The van der Waals surface area contributed by atoms with Crippen molar-refractivity contribution in [3.05, 3.63) is 17.8 Å². The van der Waals surface area contributed by atoms with Gasteiger partial charge in [0.05, 0.1) is 16.7 Å². The quantitative estimate of drug-likeness (QED) is 0.654. The van der Waals surface area contributed by atoms with E-state index in [4.69, 9.17) is 9.37 Å². The highest BCUT2D eigenvalue weighted by molar-refractivity contribution is 7.98. The number of rotatable bonds is 2. The lowest BCUT2D eigenvalue weighted by Crippen LogP contribution is -1.89. The summed E-state index contributed by atoms with van der Waals surface area (Å²) >= 11 is 1.33. The van der Waals surface area contributed by atoms with Crippen LogP contribution in [0, 0.1) is 11.3 Å². The van der Waals surface area contributed by atoms with Gasteiger partial charge in [-0.25, -0.2) is 4.98 Å². The van der Waals surface area contributed by atoms with Crippen LogP contribution in [0.15, 0.2) is 17.2 Å². The molecule has 0 saturated heterocycles. The number of hydrogen-bond donors (Lipinski definition) is 0. The second-order valence-corrected chi connectivity index (χ2v) is 2.78. The molecule has 1 aromatic rings. The molecule has 0 aromatic carbocycles. The van der Waals surface area contributed by atoms with Crippen LogP contribution in [0.1, 0.15) is 9.68 Å². The Bertz CT molecular complexity index is 400. The second kappa shape index (κ2) is 3.98. The molecule has 0 radical (unpaired) electrons. The predicted octanol–water partition coefficient (Wildman–Crippen LogP) is 1.68. The first-order valence-electron chi connectivity index (χ1n) is 4.59. The lowest BCUT2D eigenvalue weighted by atomic mass is 10.3. The third-order valence-electron chi connectivity index (χ3n) is 1.29. The molecule has 1 rings (SSSR count). The molecule has 0 N–H and O–H groups in total. The number of hydrogen-bond acceptors (Lipinski definition) is 4. The van der Waals surface area contributed by atoms with Gasteiger partial charge in [-0.2, -0.15) is 5.26 Å². The zero-order chi connectivity index (χ0) is 11.5. The smallest absolute Gasteiger partial charge is 0.214 e. The molecule has 0 bridgehead atoms. The summed E-state index contributed by atoms with van der Waals surface area (Å²) in [7, 11) is -2.52. The third kappa shape index (κ3) is 1.69. The van der Waals surface area contributed by atoms with Gasteiger partial charge in [0.2, 0.25) is 5.88 Å². The minimum Gasteiger partial charge on any atom is -0.481 e. The molecular formula is C8H8N2OS. The van der Waals surface area contributed by atoms with Gasteiger partial charge in [0.25, 0.3) is 0 Å². The van der Waals surface area contributed by atoms with Crippen molar-refractivity contribution in [3.63, 3.8) is 0 Å². The van der Waals surface area contributed by atoms with Crippen LogP contribution in [0.25, 0.3) is 0 Å². The first kappa shape index (κ1) is 5.44. The number of nitriles is 1. The summed E-state index contributed by atoms with van der Waals surface area (Å²) in [6.07, 6.45) is 3.09. The molecule has 1 aromatic heterocycles. The summed E-state index contributed by atoms with van der Waals surface area (Å²) in [6.45, 7) is 0. The maximum Gasteiger partial charge on any atom is 0.214 e. The van der Waals surface area contributed by atoms with Gasteiger partial charge in [-0.05, 0) is 6.26 Å². The van der Waals surface area contributed by atoms with E-state index < -0.39 is 7.04 Å². The molecule has 12 heavy (non-hydrogen) atoms. The highest BCUT2D eigenvalue weighted by atomic mass is 32.2. The maximum absolute atomic E-state index is 8.72. The zero-order valence-electron chi connectivity index (χ0n) is 9.37. The van der Waals surface area contributed by atoms with Crippen LogP contribution >= 0.6 is 11.8 Å². The van der Waals surface area contributed by atoms with Crippen molar-refractivity contribution in [2.45, 2.75) is 4.90 Å². The molecule has 1 heterocycles. The van der Waals surface area contributed by atoms with Crippen LogP contribution in [0.2, 0.25) is 0 Å². The largest absolute Gasteiger partial charge is 0.481 e. The van der Waals surface area contributed by atoms with E-state index in [0.717, 1.165) is 0 Å². The molecule has 0 amide bonds. The molecule has 4 heteroatoms. The second-order valence-electron chi connectivity index (χ2n) is 1.94. The summed E-state index contributed by atoms with van der Waals surface area (Å²) in [6, 6.07) is 3.40. The summed E-state index contributed by atoms with van der Waals surface area (Å²) in [5, 5.41) is 8.72. The number of nitrogens with zero attached hydrogens (tertiary/aromatic N) is 2. The van der Waals surface area contributed by atoms with Crippen molar-refractivity contribution in [3.8, 4) is 11.9 Å². The van der Waals surface area contributed by atoms with E-state index in [2.05, 4.69) is 9.72 Å². The van der Waals surface area contributed by atoms with Gasteiger partial charge in [-0.1, -0.05) is 0 Å². The lowest BCUT2D eigenvalue weighted by molar-refractivity contribution is 0.396. The maximum atomic E-state index is 8.72. The number of methoxy groups -OCH3 is 1. The Hall–Kier alpha value is -1.21. The van der Waals surface area contributed by atoms with E-state index in [-0.39, 0.29) is 5.88 Å². The average molecular weight is 183 g/mol. The Morgan fingerprint density at radius 1 is 1.83 bits per heavy atom. The van der Waals surface area contributed by atoms with Crippen LogP contribution in [0.4, 0.5) is 0 Å². The molecule has 0 fully saturated rings. The standard InChI is InChI=1S/C8H8N2OS/c1-11-8-3-7(12-2)6(4-9)5-10-8/h3,5H,1-2H3/i1D3. The Morgan fingerprint density at radius 2 is 2.67 bits per heavy atom. The van der Waals surface area contributed by atoms with Crippen molar-refractivity contribution in [2.75, 3.05) is 13.3 Å². The van der Waals surface area contributed by atoms with Gasteiger partial charge >= 0.3 is 0 Å². The van der Waals surface area contributed by atoms with E-state index in [1.807, 2.05) is 6.07 Å². The van der Waals surface area contributed by atoms with Crippen molar-refractivity contribution in [1.82, 2.24) is 4.98 Å². The highest BCUT2D eigenvalue weighted by Crippen LogP contribution is 2.22. The zero-order valence-corrected chi connectivity index (χ0v) is 7.18. The SMILES string of the molecule is [2H]C([2H])([2H])Oc1cc(SC)c(C#N)cn1. The molecular weight excluding hydrogens is 172 g/mol. The van der Waals surface area contributed by atoms with E-state index in [9.17, 15) is 0 Å². The Balaban J connectivity index is 3.00. The van der Waals surface area contributed by atoms with Gasteiger partial charge in [0, 0.05) is 17.2 Å². The van der Waals surface area contributed by atoms with E-state index in [1.54, 1.807) is 6.26 Å². The van der Waals surface area contributed by atoms with Crippen LogP contribution in [0.5, 0.6) is 5.88 Å². The average Bonchev–Trinajstić information content (AvgIpc) is 2.15. The first-order valence-corrected chi connectivity index (χ1v) is 4.32. The monoisotopic (exact) mass is 183 g/mol. The summed E-state index contributed by atoms with van der Waals surface area (Å²) in [5.41, 5.74) is 0.403. The molecule has 0 aliphatic carbocycles. The minimum absolute atomic E-state index is 0.00153. The number of pyridine rings is 1. The van der Waals surface area contributed by atoms with E-state index in [1.165, 1.54) is 24.0 Å². The topological polar surface area (TPSA) is 45.9 Å². The molecule has 0 atom stereocenters. The van der Waals surface area contributed by atoms with Gasteiger partial charge in [0.15, 0.2) is 0 Å². The molecule has 0 aliphatic rings. The van der Waals surface area contributed by atoms with Gasteiger partial charge < -0.3 is 4.74 Å². The fourth-order valence-corrected chi connectivity index (χ4v) is 1.26. The van der Waals surface area contributed by atoms with Crippen molar-refractivity contribution < 1.29 is 8.85 Å². The van der Waals surface area contributed by atoms with Crippen LogP contribution in [0.3, 0.4) is 0 Å². The van der Waals surface area contributed by atoms with Crippen molar-refractivity contribution in [1.29, 1.82) is 5.26 Å². The van der Waals surface area contributed by atoms with Gasteiger partial charge in [0.1, 0.15) is 6.07 Å². The van der Waals surface area contributed by atoms with Crippen molar-refractivity contribution >= 4 is 11.8 Å². The Labute approximate surface area is 79.6 Å². The number of ether oxygens (including phenoxy) is 1. The van der Waals surface area contributed by atoms with Gasteiger partial charge in [-0.15, -0.1) is 11.8 Å². The molecule has 3 nitrogen and oxygen atoms in total. The van der Waals surface area contributed by atoms with Gasteiger partial charge in [-0.3, -0.25) is 0 Å². The lowest BCUT2D eigenvalue weighted by Gasteiger charge is -2.01. The Kier molecular flexibility index (Phi) is 1.80. The molecule has 0 saturated carbocycles. The normalized spacial score (nSPS) is 13.8. The summed E-state index contributed by atoms with van der Waals surface area (Å²) < 4.78 is 25.3. The van der Waals surface area contributed by atoms with Crippen molar-refractivity contribution in [2.24, 2.45) is 0 Å². The Morgan fingerprint density at radius 3 is 3.25 bits per heavy atom. The van der Waals surface area contributed by atoms with Crippen LogP contribution < -0.4 is 4.74 Å².